The van der Waals surface area contributed by atoms with Gasteiger partial charge in [-0.3, -0.25) is 4.98 Å². The molecule has 0 spiro atoms. The molecule has 0 atom stereocenters. The summed E-state index contributed by atoms with van der Waals surface area (Å²) in [6, 6.07) is 13.8. The fourth-order valence-corrected chi connectivity index (χ4v) is 1.42. The van der Waals surface area contributed by atoms with E-state index in [-0.39, 0.29) is 0 Å². The molecule has 3 nitrogen and oxygen atoms in total. The van der Waals surface area contributed by atoms with Gasteiger partial charge in [0.25, 0.3) is 0 Å². The van der Waals surface area contributed by atoms with Gasteiger partial charge >= 0.3 is 0 Å². The second kappa shape index (κ2) is 5.80. The third-order valence-electron chi connectivity index (χ3n) is 2.35. The van der Waals surface area contributed by atoms with Crippen LogP contribution >= 0.6 is 0 Å². The Balaban J connectivity index is 1.93. The van der Waals surface area contributed by atoms with Gasteiger partial charge in [-0.05, 0) is 30.2 Å². The molecule has 1 N–H and O–H groups in total. The average molecular weight is 224 g/mol. The fourth-order valence-electron chi connectivity index (χ4n) is 1.42. The summed E-state index contributed by atoms with van der Waals surface area (Å²) in [4.78, 5) is 3.96. The van der Waals surface area contributed by atoms with Crippen LogP contribution in [0.3, 0.4) is 0 Å². The van der Waals surface area contributed by atoms with E-state index in [1.165, 1.54) is 0 Å². The summed E-state index contributed by atoms with van der Waals surface area (Å²) in [7, 11) is 0. The zero-order chi connectivity index (χ0) is 11.9. The molecule has 0 aliphatic carbocycles. The molecule has 0 aliphatic rings. The van der Waals surface area contributed by atoms with Crippen molar-refractivity contribution >= 4 is 5.71 Å². The summed E-state index contributed by atoms with van der Waals surface area (Å²) in [5, 5.41) is 4.22. The van der Waals surface area contributed by atoms with Crippen molar-refractivity contribution in [2.24, 2.45) is 5.10 Å². The lowest BCUT2D eigenvalue weighted by Crippen LogP contribution is -2.09. The Hall–Kier alpha value is -2.16. The SMILES string of the molecule is [CH2]/C(=N/NCc1ccncc1)c1ccccc1. The second-order valence-corrected chi connectivity index (χ2v) is 3.61. The number of rotatable bonds is 4. The lowest BCUT2D eigenvalue weighted by atomic mass is 10.1. The van der Waals surface area contributed by atoms with Crippen LogP contribution in [0.1, 0.15) is 11.1 Å². The van der Waals surface area contributed by atoms with E-state index in [1.54, 1.807) is 12.4 Å². The zero-order valence-electron chi connectivity index (χ0n) is 9.50. The molecule has 2 rings (SSSR count). The molecule has 0 fully saturated rings. The van der Waals surface area contributed by atoms with Gasteiger partial charge in [-0.15, -0.1) is 0 Å². The summed E-state index contributed by atoms with van der Waals surface area (Å²) >= 11 is 0. The van der Waals surface area contributed by atoms with Crippen LogP contribution in [0.2, 0.25) is 0 Å². The Bertz CT molecular complexity index is 477. The van der Waals surface area contributed by atoms with Crippen molar-refractivity contribution in [2.45, 2.75) is 6.54 Å². The van der Waals surface area contributed by atoms with Crippen molar-refractivity contribution < 1.29 is 0 Å². The smallest absolute Gasteiger partial charge is 0.0679 e. The summed E-state index contributed by atoms with van der Waals surface area (Å²) in [6.45, 7) is 4.59. The number of hydrazone groups is 1. The van der Waals surface area contributed by atoms with E-state index in [1.807, 2.05) is 42.5 Å². The minimum absolute atomic E-state index is 0.675. The number of aromatic nitrogens is 1. The molecule has 1 aromatic carbocycles. The predicted molar refractivity (Wildman–Crippen MR) is 69.4 cm³/mol. The van der Waals surface area contributed by atoms with Crippen molar-refractivity contribution in [3.63, 3.8) is 0 Å². The average Bonchev–Trinajstić information content (AvgIpc) is 2.41. The standard InChI is InChI=1S/C14H14N3/c1-12(14-5-3-2-4-6-14)17-16-11-13-7-9-15-10-8-13/h2-10,16H,1,11H2/b17-12-. The molecule has 0 bridgehead atoms. The van der Waals surface area contributed by atoms with Gasteiger partial charge in [0.2, 0.25) is 0 Å². The van der Waals surface area contributed by atoms with Crippen LogP contribution in [0.5, 0.6) is 0 Å². The van der Waals surface area contributed by atoms with Crippen molar-refractivity contribution in [1.82, 2.24) is 10.4 Å². The molecule has 0 unspecified atom stereocenters. The lowest BCUT2D eigenvalue weighted by Gasteiger charge is -2.03. The highest BCUT2D eigenvalue weighted by molar-refractivity contribution is 6.03. The highest BCUT2D eigenvalue weighted by atomic mass is 15.3. The van der Waals surface area contributed by atoms with Gasteiger partial charge in [-0.1, -0.05) is 30.3 Å². The first-order chi connectivity index (χ1) is 8.36. The molecule has 1 radical (unpaired) electrons. The topological polar surface area (TPSA) is 37.3 Å². The summed E-state index contributed by atoms with van der Waals surface area (Å²) in [5.74, 6) is 0. The molecular formula is C14H14N3. The van der Waals surface area contributed by atoms with Gasteiger partial charge in [-0.2, -0.15) is 5.10 Å². The molecule has 17 heavy (non-hydrogen) atoms. The van der Waals surface area contributed by atoms with Gasteiger partial charge in [0, 0.05) is 12.4 Å². The Morgan fingerprint density at radius 3 is 2.53 bits per heavy atom. The van der Waals surface area contributed by atoms with Crippen LogP contribution in [0.25, 0.3) is 0 Å². The third-order valence-corrected chi connectivity index (χ3v) is 2.35. The number of pyridine rings is 1. The normalized spacial score (nSPS) is 11.2. The summed E-state index contributed by atoms with van der Waals surface area (Å²) < 4.78 is 0. The van der Waals surface area contributed by atoms with Gasteiger partial charge in [0.15, 0.2) is 0 Å². The Morgan fingerprint density at radius 2 is 1.82 bits per heavy atom. The van der Waals surface area contributed by atoms with E-state index in [4.69, 9.17) is 0 Å². The van der Waals surface area contributed by atoms with Gasteiger partial charge < -0.3 is 5.43 Å². The van der Waals surface area contributed by atoms with Crippen LogP contribution < -0.4 is 5.43 Å². The maximum absolute atomic E-state index is 4.22. The van der Waals surface area contributed by atoms with Gasteiger partial charge in [0.1, 0.15) is 0 Å². The highest BCUT2D eigenvalue weighted by Gasteiger charge is 1.95. The van der Waals surface area contributed by atoms with Crippen LogP contribution in [-0.4, -0.2) is 10.7 Å². The summed E-state index contributed by atoms with van der Waals surface area (Å²) in [6.07, 6.45) is 3.53. The van der Waals surface area contributed by atoms with Crippen LogP contribution in [0.15, 0.2) is 60.0 Å². The van der Waals surface area contributed by atoms with Gasteiger partial charge in [0.05, 0.1) is 12.3 Å². The Labute approximate surface area is 101 Å². The van der Waals surface area contributed by atoms with Crippen molar-refractivity contribution in [3.05, 3.63) is 72.9 Å². The van der Waals surface area contributed by atoms with Crippen LogP contribution in [0.4, 0.5) is 0 Å². The number of nitrogens with zero attached hydrogens (tertiary/aromatic N) is 2. The number of nitrogens with one attached hydrogen (secondary N) is 1. The minimum Gasteiger partial charge on any atom is -0.305 e. The monoisotopic (exact) mass is 224 g/mol. The molecule has 2 aromatic rings. The molecule has 0 saturated carbocycles. The fraction of sp³-hybridized carbons (Fsp3) is 0.0714. The molecule has 0 aliphatic heterocycles. The van der Waals surface area contributed by atoms with E-state index in [0.717, 1.165) is 16.8 Å². The molecule has 1 aromatic heterocycles. The second-order valence-electron chi connectivity index (χ2n) is 3.61. The van der Waals surface area contributed by atoms with Crippen molar-refractivity contribution in [2.75, 3.05) is 0 Å². The maximum atomic E-state index is 4.22. The zero-order valence-corrected chi connectivity index (χ0v) is 9.50. The molecule has 3 heteroatoms. The molecule has 1 heterocycles. The Kier molecular flexibility index (Phi) is 3.86. The van der Waals surface area contributed by atoms with Crippen molar-refractivity contribution in [1.29, 1.82) is 0 Å². The van der Waals surface area contributed by atoms with E-state index in [9.17, 15) is 0 Å². The van der Waals surface area contributed by atoms with Crippen LogP contribution in [0, 0.1) is 6.92 Å². The van der Waals surface area contributed by atoms with Crippen LogP contribution in [-0.2, 0) is 6.54 Å². The first-order valence-corrected chi connectivity index (χ1v) is 5.43. The molecular weight excluding hydrogens is 210 g/mol. The molecule has 0 saturated heterocycles. The minimum atomic E-state index is 0.675. The predicted octanol–water partition coefficient (Wildman–Crippen LogP) is 2.41. The molecule has 85 valence electrons. The lowest BCUT2D eigenvalue weighted by molar-refractivity contribution is 0.744. The first kappa shape index (κ1) is 11.3. The number of hydrogen-bond donors (Lipinski definition) is 1. The Morgan fingerprint density at radius 1 is 1.12 bits per heavy atom. The van der Waals surface area contributed by atoms with E-state index < -0.39 is 0 Å². The molecule has 0 amide bonds. The highest BCUT2D eigenvalue weighted by Crippen LogP contribution is 2.00. The quantitative estimate of drug-likeness (QED) is 0.639. The van der Waals surface area contributed by atoms with Gasteiger partial charge in [-0.25, -0.2) is 0 Å². The largest absolute Gasteiger partial charge is 0.305 e. The first-order valence-electron chi connectivity index (χ1n) is 5.43. The number of benzene rings is 1. The number of hydrogen-bond acceptors (Lipinski definition) is 3. The van der Waals surface area contributed by atoms with E-state index in [2.05, 4.69) is 22.4 Å². The maximum Gasteiger partial charge on any atom is 0.0679 e. The van der Waals surface area contributed by atoms with E-state index >= 15 is 0 Å². The third kappa shape index (κ3) is 3.41. The van der Waals surface area contributed by atoms with E-state index in [0.29, 0.717) is 6.54 Å². The van der Waals surface area contributed by atoms with Crippen molar-refractivity contribution in [3.8, 4) is 0 Å². The summed E-state index contributed by atoms with van der Waals surface area (Å²) in [5.41, 5.74) is 5.90.